The minimum Gasteiger partial charge on any atom is -0.642 e. The largest absolute Gasteiger partial charge is 1.00 e. The molecule has 1 aliphatic rings. The molecule has 0 unspecified atom stereocenters. The molecule has 0 heterocycles. The van der Waals surface area contributed by atoms with Gasteiger partial charge in [0.05, 0.1) is 0 Å². The molecule has 1 fully saturated rings. The summed E-state index contributed by atoms with van der Waals surface area (Å²) in [6, 6.07) is 0.0820. The molecule has 0 aromatic rings. The fourth-order valence-corrected chi connectivity index (χ4v) is 1.54. The molecule has 1 aliphatic carbocycles. The number of likely N-dealkylation sites (N-methyl/N-ethyl adjacent to an activating group) is 1. The SMILES string of the molecule is CNC(=O)C(=O)[N-]C1CCCCC1.[Li+]. The second kappa shape index (κ2) is 6.91. The number of amides is 2. The molecule has 4 nitrogen and oxygen atoms in total. The van der Waals surface area contributed by atoms with Gasteiger partial charge in [0.1, 0.15) is 5.91 Å². The Balaban J connectivity index is 0.00000169. The van der Waals surface area contributed by atoms with E-state index in [2.05, 4.69) is 10.6 Å². The molecule has 14 heavy (non-hydrogen) atoms. The average Bonchev–Trinajstić information content (AvgIpc) is 2.18. The number of nitrogens with one attached hydrogen (secondary N) is 1. The topological polar surface area (TPSA) is 60.3 Å². The zero-order chi connectivity index (χ0) is 9.68. The Kier molecular flexibility index (Phi) is 6.68. The smallest absolute Gasteiger partial charge is 0.642 e. The van der Waals surface area contributed by atoms with Crippen molar-refractivity contribution in [2.24, 2.45) is 0 Å². The first-order chi connectivity index (χ1) is 6.24. The van der Waals surface area contributed by atoms with Gasteiger partial charge in [-0.25, -0.2) is 0 Å². The van der Waals surface area contributed by atoms with Crippen LogP contribution in [0, 0.1) is 0 Å². The van der Waals surface area contributed by atoms with Gasteiger partial charge in [-0.05, 0) is 0 Å². The second-order valence-electron chi connectivity index (χ2n) is 3.31. The number of rotatable bonds is 1. The van der Waals surface area contributed by atoms with Gasteiger partial charge in [0.2, 0.25) is 0 Å². The number of carbonyl (C=O) groups is 2. The van der Waals surface area contributed by atoms with Crippen LogP contribution in [0.15, 0.2) is 0 Å². The van der Waals surface area contributed by atoms with Crippen LogP contribution in [-0.4, -0.2) is 24.9 Å². The van der Waals surface area contributed by atoms with E-state index in [9.17, 15) is 9.59 Å². The molecule has 0 radical (unpaired) electrons. The Morgan fingerprint density at radius 3 is 2.29 bits per heavy atom. The van der Waals surface area contributed by atoms with E-state index in [1.54, 1.807) is 0 Å². The molecular formula is C9H15LiN2O2. The van der Waals surface area contributed by atoms with Crippen molar-refractivity contribution in [3.05, 3.63) is 5.32 Å². The maximum Gasteiger partial charge on any atom is 1.00 e. The van der Waals surface area contributed by atoms with Crippen LogP contribution >= 0.6 is 0 Å². The third kappa shape index (κ3) is 4.17. The summed E-state index contributed by atoms with van der Waals surface area (Å²) >= 11 is 0. The summed E-state index contributed by atoms with van der Waals surface area (Å²) in [5, 5.41) is 6.13. The third-order valence-electron chi connectivity index (χ3n) is 2.30. The van der Waals surface area contributed by atoms with E-state index in [-0.39, 0.29) is 24.9 Å². The molecule has 0 aliphatic heterocycles. The fourth-order valence-electron chi connectivity index (χ4n) is 1.54. The second-order valence-corrected chi connectivity index (χ2v) is 3.31. The number of hydrogen-bond donors (Lipinski definition) is 1. The summed E-state index contributed by atoms with van der Waals surface area (Å²) in [6.07, 6.45) is 5.36. The maximum atomic E-state index is 11.1. The Morgan fingerprint density at radius 1 is 1.21 bits per heavy atom. The normalized spacial score (nSPS) is 16.6. The molecule has 5 heteroatoms. The third-order valence-corrected chi connectivity index (χ3v) is 2.30. The summed E-state index contributed by atoms with van der Waals surface area (Å²) in [5.74, 6) is -1.24. The zero-order valence-electron chi connectivity index (χ0n) is 8.88. The minimum absolute atomic E-state index is 0. The average molecular weight is 190 g/mol. The van der Waals surface area contributed by atoms with Crippen molar-refractivity contribution in [3.8, 4) is 0 Å². The van der Waals surface area contributed by atoms with Gasteiger partial charge in [-0.3, -0.25) is 4.79 Å². The Morgan fingerprint density at radius 2 is 1.79 bits per heavy atom. The van der Waals surface area contributed by atoms with E-state index in [1.165, 1.54) is 13.5 Å². The predicted molar refractivity (Wildman–Crippen MR) is 49.3 cm³/mol. The zero-order valence-corrected chi connectivity index (χ0v) is 8.88. The van der Waals surface area contributed by atoms with Gasteiger partial charge in [-0.2, -0.15) is 0 Å². The Bertz CT molecular complexity index is 203. The van der Waals surface area contributed by atoms with Crippen LogP contribution in [0.4, 0.5) is 0 Å². The molecule has 1 rings (SSSR count). The summed E-state index contributed by atoms with van der Waals surface area (Å²) < 4.78 is 0. The standard InChI is InChI=1S/C9H16N2O2.Li/c1-10-8(12)9(13)11-7-5-3-2-4-6-7;/h7H,2-6H2,1H3,(H2,10,11,12,13);/q;+1/p-1. The minimum atomic E-state index is -0.630. The van der Waals surface area contributed by atoms with Crippen molar-refractivity contribution in [1.82, 2.24) is 5.32 Å². The molecule has 0 aromatic heterocycles. The molecule has 0 aromatic carbocycles. The Labute approximate surface area is 96.4 Å². The van der Waals surface area contributed by atoms with Crippen molar-refractivity contribution >= 4 is 11.8 Å². The molecule has 0 bridgehead atoms. The van der Waals surface area contributed by atoms with Gasteiger partial charge < -0.3 is 15.4 Å². The monoisotopic (exact) mass is 190 g/mol. The predicted octanol–water partition coefficient (Wildman–Crippen LogP) is -2.03. The summed E-state index contributed by atoms with van der Waals surface area (Å²) in [6.45, 7) is 0. The van der Waals surface area contributed by atoms with Crippen LogP contribution in [-0.2, 0) is 9.59 Å². The van der Waals surface area contributed by atoms with Crippen LogP contribution in [0.2, 0.25) is 0 Å². The van der Waals surface area contributed by atoms with Gasteiger partial charge in [0.15, 0.2) is 0 Å². The van der Waals surface area contributed by atoms with Gasteiger partial charge in [-0.1, -0.05) is 32.1 Å². The van der Waals surface area contributed by atoms with Gasteiger partial charge in [0, 0.05) is 7.05 Å². The molecule has 1 saturated carbocycles. The molecule has 74 valence electrons. The van der Waals surface area contributed by atoms with Crippen LogP contribution < -0.4 is 24.2 Å². The first kappa shape index (κ1) is 13.5. The van der Waals surface area contributed by atoms with E-state index >= 15 is 0 Å². The number of carbonyl (C=O) groups excluding carboxylic acids is 2. The first-order valence-electron chi connectivity index (χ1n) is 4.71. The molecule has 2 amide bonds. The van der Waals surface area contributed by atoms with Crippen LogP contribution in [0.5, 0.6) is 0 Å². The maximum absolute atomic E-state index is 11.1. The first-order valence-corrected chi connectivity index (χ1v) is 4.71. The molecular weight excluding hydrogens is 175 g/mol. The quantitative estimate of drug-likeness (QED) is 0.383. The van der Waals surface area contributed by atoms with Crippen molar-refractivity contribution in [1.29, 1.82) is 0 Å². The van der Waals surface area contributed by atoms with Crippen molar-refractivity contribution in [3.63, 3.8) is 0 Å². The number of hydrogen-bond acceptors (Lipinski definition) is 2. The molecule has 1 N–H and O–H groups in total. The molecule has 0 spiro atoms. The van der Waals surface area contributed by atoms with Crippen LogP contribution in [0.25, 0.3) is 5.32 Å². The summed E-state index contributed by atoms with van der Waals surface area (Å²) in [5.41, 5.74) is 0. The van der Waals surface area contributed by atoms with Crippen molar-refractivity contribution < 1.29 is 28.4 Å². The van der Waals surface area contributed by atoms with Crippen molar-refractivity contribution in [2.75, 3.05) is 7.05 Å². The van der Waals surface area contributed by atoms with E-state index in [4.69, 9.17) is 0 Å². The summed E-state index contributed by atoms with van der Waals surface area (Å²) in [4.78, 5) is 21.9. The fraction of sp³-hybridized carbons (Fsp3) is 0.778. The van der Waals surface area contributed by atoms with E-state index in [1.807, 2.05) is 0 Å². The van der Waals surface area contributed by atoms with Gasteiger partial charge >= 0.3 is 18.9 Å². The van der Waals surface area contributed by atoms with Crippen molar-refractivity contribution in [2.45, 2.75) is 38.1 Å². The van der Waals surface area contributed by atoms with Gasteiger partial charge in [-0.15, -0.1) is 6.04 Å². The van der Waals surface area contributed by atoms with E-state index in [0.717, 1.165) is 25.7 Å². The van der Waals surface area contributed by atoms with Gasteiger partial charge in [0.25, 0.3) is 5.91 Å². The van der Waals surface area contributed by atoms with E-state index in [0.29, 0.717) is 0 Å². The molecule has 0 atom stereocenters. The summed E-state index contributed by atoms with van der Waals surface area (Å²) in [7, 11) is 1.44. The van der Waals surface area contributed by atoms with Crippen LogP contribution in [0.1, 0.15) is 32.1 Å². The van der Waals surface area contributed by atoms with E-state index < -0.39 is 11.8 Å². The van der Waals surface area contributed by atoms with Crippen LogP contribution in [0.3, 0.4) is 0 Å². The Hall–Kier alpha value is -0.463. The molecule has 0 saturated heterocycles. The number of nitrogens with zero attached hydrogens (tertiary/aromatic N) is 1.